The minimum absolute atomic E-state index is 0.324. The van der Waals surface area contributed by atoms with Crippen LogP contribution in [0.15, 0.2) is 6.33 Å². The summed E-state index contributed by atoms with van der Waals surface area (Å²) in [6, 6.07) is 0. The number of rotatable bonds is 2. The van der Waals surface area contributed by atoms with E-state index < -0.39 is 0 Å². The fourth-order valence-electron chi connectivity index (χ4n) is 0.736. The summed E-state index contributed by atoms with van der Waals surface area (Å²) in [7, 11) is 0. The summed E-state index contributed by atoms with van der Waals surface area (Å²) in [6.45, 7) is 3.88. The van der Waals surface area contributed by atoms with Crippen LogP contribution in [0.1, 0.15) is 12.5 Å². The second-order valence-corrected chi connectivity index (χ2v) is 2.67. The van der Waals surface area contributed by atoms with Gasteiger partial charge >= 0.3 is 0 Å². The molecular weight excluding hydrogens is 188 g/mol. The SMILES string of the molecule is CC#CCOc1ncnc(Cl)c1C. The molecule has 0 N–H and O–H groups in total. The quantitative estimate of drug-likeness (QED) is 0.535. The highest BCUT2D eigenvalue weighted by Crippen LogP contribution is 2.19. The number of ether oxygens (including phenoxy) is 1. The van der Waals surface area contributed by atoms with E-state index in [1.807, 2.05) is 0 Å². The third kappa shape index (κ3) is 2.60. The van der Waals surface area contributed by atoms with Crippen LogP contribution in [0.5, 0.6) is 5.88 Å². The Morgan fingerprint density at radius 2 is 2.31 bits per heavy atom. The van der Waals surface area contributed by atoms with Crippen LogP contribution in [0.3, 0.4) is 0 Å². The van der Waals surface area contributed by atoms with Crippen LogP contribution in [-0.2, 0) is 0 Å². The minimum atomic E-state index is 0.324. The average molecular weight is 197 g/mol. The zero-order valence-corrected chi connectivity index (χ0v) is 8.22. The molecule has 0 fully saturated rings. The summed E-state index contributed by atoms with van der Waals surface area (Å²) >= 11 is 5.76. The molecule has 0 aromatic carbocycles. The lowest BCUT2D eigenvalue weighted by molar-refractivity contribution is 0.351. The Hall–Kier alpha value is -1.27. The number of halogens is 1. The third-order valence-electron chi connectivity index (χ3n) is 1.43. The molecule has 13 heavy (non-hydrogen) atoms. The molecule has 0 amide bonds. The van der Waals surface area contributed by atoms with Crippen LogP contribution in [0.25, 0.3) is 0 Å². The van der Waals surface area contributed by atoms with Crippen LogP contribution in [0.4, 0.5) is 0 Å². The highest BCUT2D eigenvalue weighted by molar-refractivity contribution is 6.30. The zero-order valence-electron chi connectivity index (χ0n) is 7.47. The van der Waals surface area contributed by atoms with Crippen molar-refractivity contribution in [2.45, 2.75) is 13.8 Å². The van der Waals surface area contributed by atoms with Crippen LogP contribution in [0, 0.1) is 18.8 Å². The topological polar surface area (TPSA) is 35.0 Å². The fraction of sp³-hybridized carbons (Fsp3) is 0.333. The maximum Gasteiger partial charge on any atom is 0.221 e. The summed E-state index contributed by atoms with van der Waals surface area (Å²) in [5, 5.41) is 0.412. The number of hydrogen-bond acceptors (Lipinski definition) is 3. The van der Waals surface area contributed by atoms with Gasteiger partial charge in [-0.25, -0.2) is 9.97 Å². The Bertz CT molecular complexity index is 354. The van der Waals surface area contributed by atoms with Crippen LogP contribution in [0.2, 0.25) is 5.15 Å². The first-order valence-corrected chi connectivity index (χ1v) is 4.13. The smallest absolute Gasteiger partial charge is 0.221 e. The number of hydrogen-bond donors (Lipinski definition) is 0. The molecule has 1 aromatic rings. The van der Waals surface area contributed by atoms with Gasteiger partial charge in [0.1, 0.15) is 11.5 Å². The van der Waals surface area contributed by atoms with Gasteiger partial charge in [-0.2, -0.15) is 0 Å². The van der Waals surface area contributed by atoms with Gasteiger partial charge in [0.25, 0.3) is 0 Å². The molecule has 0 spiro atoms. The standard InChI is InChI=1S/C9H9ClN2O/c1-3-4-5-13-9-7(2)8(10)11-6-12-9/h6H,5H2,1-2H3. The average Bonchev–Trinajstić information content (AvgIpc) is 2.13. The number of nitrogens with zero attached hydrogens (tertiary/aromatic N) is 2. The van der Waals surface area contributed by atoms with Gasteiger partial charge in [0.2, 0.25) is 5.88 Å². The van der Waals surface area contributed by atoms with E-state index in [9.17, 15) is 0 Å². The van der Waals surface area contributed by atoms with Gasteiger partial charge in [0, 0.05) is 5.56 Å². The van der Waals surface area contributed by atoms with E-state index in [4.69, 9.17) is 16.3 Å². The van der Waals surface area contributed by atoms with Gasteiger partial charge in [0.05, 0.1) is 0 Å². The second-order valence-electron chi connectivity index (χ2n) is 2.31. The Kier molecular flexibility index (Phi) is 3.53. The maximum absolute atomic E-state index is 5.76. The molecule has 0 aliphatic heterocycles. The zero-order chi connectivity index (χ0) is 9.68. The molecule has 0 saturated carbocycles. The molecule has 0 aliphatic carbocycles. The van der Waals surface area contributed by atoms with E-state index in [1.54, 1.807) is 13.8 Å². The summed E-state index contributed by atoms with van der Waals surface area (Å²) in [5.41, 5.74) is 0.738. The molecule has 4 heteroatoms. The van der Waals surface area contributed by atoms with Gasteiger partial charge in [-0.3, -0.25) is 0 Å². The summed E-state index contributed by atoms with van der Waals surface area (Å²) in [5.74, 6) is 5.98. The normalized spacial score (nSPS) is 8.85. The molecule has 0 unspecified atom stereocenters. The van der Waals surface area contributed by atoms with Crippen molar-refractivity contribution < 1.29 is 4.74 Å². The molecular formula is C9H9ClN2O. The van der Waals surface area contributed by atoms with Crippen LogP contribution < -0.4 is 4.74 Å². The Morgan fingerprint density at radius 1 is 1.54 bits per heavy atom. The Labute approximate surface area is 82.1 Å². The van der Waals surface area contributed by atoms with Crippen molar-refractivity contribution in [3.63, 3.8) is 0 Å². The van der Waals surface area contributed by atoms with E-state index >= 15 is 0 Å². The van der Waals surface area contributed by atoms with E-state index in [-0.39, 0.29) is 0 Å². The lowest BCUT2D eigenvalue weighted by Gasteiger charge is -2.04. The highest BCUT2D eigenvalue weighted by atomic mass is 35.5. The second kappa shape index (κ2) is 4.68. The van der Waals surface area contributed by atoms with Crippen molar-refractivity contribution in [3.05, 3.63) is 17.0 Å². The van der Waals surface area contributed by atoms with Crippen molar-refractivity contribution >= 4 is 11.6 Å². The van der Waals surface area contributed by atoms with Crippen molar-refractivity contribution in [1.82, 2.24) is 9.97 Å². The minimum Gasteiger partial charge on any atom is -0.464 e. The van der Waals surface area contributed by atoms with Gasteiger partial charge in [0.15, 0.2) is 6.61 Å². The molecule has 1 heterocycles. The molecule has 0 radical (unpaired) electrons. The number of aromatic nitrogens is 2. The third-order valence-corrected chi connectivity index (χ3v) is 1.82. The van der Waals surface area contributed by atoms with Gasteiger partial charge in [-0.05, 0) is 13.8 Å². The summed E-state index contributed by atoms with van der Waals surface area (Å²) in [4.78, 5) is 7.73. The largest absolute Gasteiger partial charge is 0.464 e. The Balaban J connectivity index is 2.75. The maximum atomic E-state index is 5.76. The predicted octanol–water partition coefficient (Wildman–Crippen LogP) is 1.84. The van der Waals surface area contributed by atoms with Crippen LogP contribution in [-0.4, -0.2) is 16.6 Å². The van der Waals surface area contributed by atoms with Crippen LogP contribution >= 0.6 is 11.6 Å². The summed E-state index contributed by atoms with van der Waals surface area (Å²) in [6.07, 6.45) is 1.37. The molecule has 0 bridgehead atoms. The molecule has 3 nitrogen and oxygen atoms in total. The molecule has 1 aromatic heterocycles. The van der Waals surface area contributed by atoms with Crippen molar-refractivity contribution in [2.75, 3.05) is 6.61 Å². The van der Waals surface area contributed by atoms with Crippen molar-refractivity contribution in [1.29, 1.82) is 0 Å². The lowest BCUT2D eigenvalue weighted by atomic mass is 10.4. The molecule has 0 atom stereocenters. The van der Waals surface area contributed by atoms with E-state index in [0.29, 0.717) is 17.6 Å². The van der Waals surface area contributed by atoms with E-state index in [0.717, 1.165) is 5.56 Å². The lowest BCUT2D eigenvalue weighted by Crippen LogP contribution is -1.99. The first-order chi connectivity index (χ1) is 6.25. The van der Waals surface area contributed by atoms with Crippen molar-refractivity contribution in [2.24, 2.45) is 0 Å². The van der Waals surface area contributed by atoms with Gasteiger partial charge in [-0.1, -0.05) is 17.5 Å². The Morgan fingerprint density at radius 3 is 3.00 bits per heavy atom. The highest BCUT2D eigenvalue weighted by Gasteiger charge is 2.04. The van der Waals surface area contributed by atoms with E-state index in [1.165, 1.54) is 6.33 Å². The molecule has 68 valence electrons. The molecule has 0 aliphatic rings. The molecule has 0 saturated heterocycles. The van der Waals surface area contributed by atoms with E-state index in [2.05, 4.69) is 21.8 Å². The van der Waals surface area contributed by atoms with Crippen molar-refractivity contribution in [3.8, 4) is 17.7 Å². The molecule has 1 rings (SSSR count). The fourth-order valence-corrected chi connectivity index (χ4v) is 0.860. The van der Waals surface area contributed by atoms with Gasteiger partial charge in [-0.15, -0.1) is 5.92 Å². The first-order valence-electron chi connectivity index (χ1n) is 3.75. The van der Waals surface area contributed by atoms with Gasteiger partial charge < -0.3 is 4.74 Å². The predicted molar refractivity (Wildman–Crippen MR) is 50.7 cm³/mol. The first kappa shape index (κ1) is 9.82. The summed E-state index contributed by atoms with van der Waals surface area (Å²) < 4.78 is 5.25. The monoisotopic (exact) mass is 196 g/mol.